The van der Waals surface area contributed by atoms with Gasteiger partial charge in [0.1, 0.15) is 0 Å². The number of rotatable bonds is 7. The molecule has 0 bridgehead atoms. The molecule has 0 fully saturated rings. The van der Waals surface area contributed by atoms with E-state index in [1.54, 1.807) is 12.1 Å². The van der Waals surface area contributed by atoms with Gasteiger partial charge in [-0.2, -0.15) is 0 Å². The second kappa shape index (κ2) is 7.36. The van der Waals surface area contributed by atoms with E-state index in [0.29, 0.717) is 5.02 Å². The number of halogens is 1. The third kappa shape index (κ3) is 4.73. The van der Waals surface area contributed by atoms with E-state index in [-0.39, 0.29) is 5.56 Å². The molecule has 0 atom stereocenters. The molecular weight excluding hydrogens is 264 g/mol. The first kappa shape index (κ1) is 15.8. The Balaban J connectivity index is 3.03. The van der Waals surface area contributed by atoms with Gasteiger partial charge in [-0.25, -0.2) is 4.79 Å². The minimum Gasteiger partial charge on any atom is -0.478 e. The monoisotopic (exact) mass is 284 g/mol. The molecule has 0 aromatic heterocycles. The van der Waals surface area contributed by atoms with Crippen LogP contribution in [0.2, 0.25) is 5.02 Å². The Hall–Kier alpha value is -1.26. The molecule has 1 N–H and O–H groups in total. The van der Waals surface area contributed by atoms with Gasteiger partial charge >= 0.3 is 5.97 Å². The Bertz CT molecular complexity index is 435. The summed E-state index contributed by atoms with van der Waals surface area (Å²) in [6.45, 7) is 4.58. The molecule has 0 aliphatic rings. The molecule has 0 unspecified atom stereocenters. The predicted molar refractivity (Wildman–Crippen MR) is 79.5 cm³/mol. The first-order valence-electron chi connectivity index (χ1n) is 6.38. The van der Waals surface area contributed by atoms with E-state index < -0.39 is 5.97 Å². The highest BCUT2D eigenvalue weighted by atomic mass is 35.5. The van der Waals surface area contributed by atoms with Crippen molar-refractivity contribution >= 4 is 23.3 Å². The zero-order valence-electron chi connectivity index (χ0n) is 11.7. The molecule has 0 saturated heterocycles. The van der Waals surface area contributed by atoms with Gasteiger partial charge in [0.2, 0.25) is 0 Å². The maximum absolute atomic E-state index is 11.3. The average Bonchev–Trinajstić information content (AvgIpc) is 2.34. The minimum absolute atomic E-state index is 0.264. The second-order valence-electron chi connectivity index (χ2n) is 4.76. The average molecular weight is 285 g/mol. The Morgan fingerprint density at radius 2 is 1.95 bits per heavy atom. The first-order chi connectivity index (χ1) is 8.95. The van der Waals surface area contributed by atoms with Gasteiger partial charge in [0, 0.05) is 24.7 Å². The fourth-order valence-corrected chi connectivity index (χ4v) is 2.07. The Morgan fingerprint density at radius 1 is 1.26 bits per heavy atom. The normalized spacial score (nSPS) is 10.8. The van der Waals surface area contributed by atoms with Gasteiger partial charge in [0.15, 0.2) is 0 Å². The van der Waals surface area contributed by atoms with Gasteiger partial charge in [-0.3, -0.25) is 0 Å². The fourth-order valence-electron chi connectivity index (χ4n) is 1.90. The number of hydrogen-bond acceptors (Lipinski definition) is 3. The maximum atomic E-state index is 11.3. The molecule has 106 valence electrons. The molecule has 1 aromatic carbocycles. The van der Waals surface area contributed by atoms with Crippen molar-refractivity contribution in [3.8, 4) is 0 Å². The van der Waals surface area contributed by atoms with Crippen LogP contribution in [0.3, 0.4) is 0 Å². The summed E-state index contributed by atoms with van der Waals surface area (Å²) in [6, 6.07) is 5.04. The number of carboxylic acids is 1. The predicted octanol–water partition coefficient (Wildman–Crippen LogP) is 2.82. The number of carbonyl (C=O) groups is 1. The van der Waals surface area contributed by atoms with Crippen molar-refractivity contribution < 1.29 is 9.90 Å². The lowest BCUT2D eigenvalue weighted by atomic mass is 10.1. The summed E-state index contributed by atoms with van der Waals surface area (Å²) in [5.74, 6) is -0.941. The minimum atomic E-state index is -0.941. The highest BCUT2D eigenvalue weighted by Gasteiger charge is 2.16. The Morgan fingerprint density at radius 3 is 2.47 bits per heavy atom. The Labute approximate surface area is 119 Å². The summed E-state index contributed by atoms with van der Waals surface area (Å²) >= 11 is 5.88. The molecule has 5 heteroatoms. The van der Waals surface area contributed by atoms with Crippen molar-refractivity contribution in [2.24, 2.45) is 0 Å². The van der Waals surface area contributed by atoms with Crippen molar-refractivity contribution in [3.05, 3.63) is 28.8 Å². The molecule has 0 spiro atoms. The molecule has 0 aliphatic carbocycles. The van der Waals surface area contributed by atoms with Gasteiger partial charge in [0.25, 0.3) is 0 Å². The van der Waals surface area contributed by atoms with Gasteiger partial charge in [0.05, 0.1) is 11.3 Å². The van der Waals surface area contributed by atoms with Crippen LogP contribution in [-0.2, 0) is 0 Å². The highest BCUT2D eigenvalue weighted by molar-refractivity contribution is 6.31. The number of hydrogen-bond donors (Lipinski definition) is 1. The van der Waals surface area contributed by atoms with E-state index >= 15 is 0 Å². The van der Waals surface area contributed by atoms with Crippen LogP contribution in [0, 0.1) is 0 Å². The maximum Gasteiger partial charge on any atom is 0.337 e. The lowest BCUT2D eigenvalue weighted by Gasteiger charge is -2.27. The number of aromatic carboxylic acids is 1. The van der Waals surface area contributed by atoms with Crippen LogP contribution < -0.4 is 4.90 Å². The largest absolute Gasteiger partial charge is 0.478 e. The van der Waals surface area contributed by atoms with Crippen molar-refractivity contribution in [2.45, 2.75) is 13.3 Å². The fraction of sp³-hybridized carbons (Fsp3) is 0.500. The van der Waals surface area contributed by atoms with Crippen molar-refractivity contribution in [2.75, 3.05) is 38.6 Å². The van der Waals surface area contributed by atoms with E-state index in [1.165, 1.54) is 6.07 Å². The van der Waals surface area contributed by atoms with Crippen LogP contribution in [0.15, 0.2) is 18.2 Å². The molecule has 0 radical (unpaired) electrons. The smallest absolute Gasteiger partial charge is 0.337 e. The van der Waals surface area contributed by atoms with E-state index in [2.05, 4.69) is 16.7 Å². The molecule has 0 heterocycles. The van der Waals surface area contributed by atoms with Crippen LogP contribution in [0.25, 0.3) is 0 Å². The quantitative estimate of drug-likeness (QED) is 0.836. The van der Waals surface area contributed by atoms with Gasteiger partial charge in [-0.1, -0.05) is 18.5 Å². The summed E-state index contributed by atoms with van der Waals surface area (Å²) in [6.07, 6.45) is 0.967. The molecule has 0 aliphatic heterocycles. The van der Waals surface area contributed by atoms with E-state index in [4.69, 9.17) is 11.6 Å². The first-order valence-corrected chi connectivity index (χ1v) is 6.76. The number of benzene rings is 1. The van der Waals surface area contributed by atoms with E-state index in [0.717, 1.165) is 31.7 Å². The summed E-state index contributed by atoms with van der Waals surface area (Å²) in [5.41, 5.74) is 1.00. The summed E-state index contributed by atoms with van der Waals surface area (Å²) in [7, 11) is 4.01. The third-order valence-electron chi connectivity index (χ3n) is 2.84. The van der Waals surface area contributed by atoms with Gasteiger partial charge in [-0.15, -0.1) is 0 Å². The van der Waals surface area contributed by atoms with Crippen molar-refractivity contribution in [1.29, 1.82) is 0 Å². The Kier molecular flexibility index (Phi) is 6.12. The number of nitrogens with zero attached hydrogens (tertiary/aromatic N) is 2. The van der Waals surface area contributed by atoms with Crippen molar-refractivity contribution in [3.63, 3.8) is 0 Å². The van der Waals surface area contributed by atoms with Crippen LogP contribution in [0.5, 0.6) is 0 Å². The second-order valence-corrected chi connectivity index (χ2v) is 5.19. The summed E-state index contributed by atoms with van der Waals surface area (Å²) < 4.78 is 0. The molecule has 1 aromatic rings. The number of anilines is 1. The van der Waals surface area contributed by atoms with Crippen LogP contribution in [0.4, 0.5) is 5.69 Å². The highest BCUT2D eigenvalue weighted by Crippen LogP contribution is 2.24. The number of likely N-dealkylation sites (N-methyl/N-ethyl adjacent to an activating group) is 1. The van der Waals surface area contributed by atoms with E-state index in [9.17, 15) is 9.90 Å². The number of carboxylic acid groups (broad SMARTS) is 1. The molecule has 19 heavy (non-hydrogen) atoms. The van der Waals surface area contributed by atoms with Gasteiger partial charge < -0.3 is 14.9 Å². The summed E-state index contributed by atoms with van der Waals surface area (Å²) in [5, 5.41) is 9.74. The van der Waals surface area contributed by atoms with E-state index in [1.807, 2.05) is 14.1 Å². The standard InChI is InChI=1S/C14H21ClN2O2/c1-4-7-17(9-8-16(2)3)13-6-5-11(15)10-12(13)14(18)19/h5-6,10H,4,7-9H2,1-3H3,(H,18,19). The molecule has 0 saturated carbocycles. The zero-order valence-corrected chi connectivity index (χ0v) is 12.4. The molecule has 4 nitrogen and oxygen atoms in total. The van der Waals surface area contributed by atoms with Crippen LogP contribution in [0.1, 0.15) is 23.7 Å². The molecule has 0 amide bonds. The lowest BCUT2D eigenvalue weighted by molar-refractivity contribution is 0.0697. The van der Waals surface area contributed by atoms with Gasteiger partial charge in [-0.05, 0) is 38.7 Å². The lowest BCUT2D eigenvalue weighted by Crippen LogP contribution is -2.33. The van der Waals surface area contributed by atoms with Crippen LogP contribution in [-0.4, -0.2) is 49.7 Å². The summed E-state index contributed by atoms with van der Waals surface area (Å²) in [4.78, 5) is 15.5. The third-order valence-corrected chi connectivity index (χ3v) is 3.08. The topological polar surface area (TPSA) is 43.8 Å². The molecular formula is C14H21ClN2O2. The SMILES string of the molecule is CCCN(CCN(C)C)c1ccc(Cl)cc1C(=O)O. The molecule has 1 rings (SSSR count). The zero-order chi connectivity index (χ0) is 14.4. The van der Waals surface area contributed by atoms with Crippen LogP contribution >= 0.6 is 11.6 Å². The van der Waals surface area contributed by atoms with Crippen molar-refractivity contribution in [1.82, 2.24) is 4.90 Å².